The Kier molecular flexibility index (Phi) is 9.43. The van der Waals surface area contributed by atoms with E-state index in [0.717, 1.165) is 16.7 Å². The fourth-order valence-corrected chi connectivity index (χ4v) is 5.04. The van der Waals surface area contributed by atoms with Crippen molar-refractivity contribution in [2.45, 2.75) is 56.7 Å². The van der Waals surface area contributed by atoms with Crippen molar-refractivity contribution in [2.75, 3.05) is 0 Å². The van der Waals surface area contributed by atoms with Gasteiger partial charge in [-0.1, -0.05) is 123 Å². The zero-order valence-corrected chi connectivity index (χ0v) is 19.3. The summed E-state index contributed by atoms with van der Waals surface area (Å²) in [6.45, 7) is 6.29. The van der Waals surface area contributed by atoms with Crippen LogP contribution < -0.4 is 18.9 Å². The van der Waals surface area contributed by atoms with E-state index in [1.807, 2.05) is 0 Å². The van der Waals surface area contributed by atoms with E-state index in [0.29, 0.717) is 5.92 Å². The van der Waals surface area contributed by atoms with Gasteiger partial charge >= 0.3 is 18.9 Å². The maximum atomic E-state index is 7.20. The summed E-state index contributed by atoms with van der Waals surface area (Å²) in [5.74, 6) is 0.445. The van der Waals surface area contributed by atoms with Gasteiger partial charge in [0.1, 0.15) is 5.60 Å². The summed E-state index contributed by atoms with van der Waals surface area (Å²) in [7, 11) is 0. The molecule has 0 aromatic heterocycles. The SMILES string of the molecule is [CH-]=CC(OC(c1ccccc1)(c1ccccc1)c1ccccc1)C1CCCCCCC1.[Li+]. The van der Waals surface area contributed by atoms with Crippen molar-refractivity contribution in [3.8, 4) is 0 Å². The van der Waals surface area contributed by atoms with Gasteiger partial charge in [-0.15, -0.1) is 0 Å². The molecule has 1 aliphatic carbocycles. The van der Waals surface area contributed by atoms with Crippen molar-refractivity contribution in [3.05, 3.63) is 120 Å². The van der Waals surface area contributed by atoms with Gasteiger partial charge in [-0.2, -0.15) is 0 Å². The fourth-order valence-electron chi connectivity index (χ4n) is 5.04. The molecule has 0 spiro atoms. The average molecular weight is 417 g/mol. The first-order valence-electron chi connectivity index (χ1n) is 11.7. The molecule has 0 aliphatic heterocycles. The van der Waals surface area contributed by atoms with Crippen LogP contribution in [0.4, 0.5) is 0 Å². The van der Waals surface area contributed by atoms with Gasteiger partial charge in [0.05, 0.1) is 0 Å². The van der Waals surface area contributed by atoms with Gasteiger partial charge in [0.15, 0.2) is 0 Å². The van der Waals surface area contributed by atoms with Gasteiger partial charge in [0.2, 0.25) is 0 Å². The molecule has 32 heavy (non-hydrogen) atoms. The van der Waals surface area contributed by atoms with Crippen LogP contribution in [0.3, 0.4) is 0 Å². The summed E-state index contributed by atoms with van der Waals surface area (Å²) in [6.07, 6.45) is 10.5. The third kappa shape index (κ3) is 5.47. The number of rotatable bonds is 7. The summed E-state index contributed by atoms with van der Waals surface area (Å²) < 4.78 is 7.20. The summed E-state index contributed by atoms with van der Waals surface area (Å²) in [4.78, 5) is 0. The second-order valence-electron chi connectivity index (χ2n) is 8.66. The molecule has 160 valence electrons. The normalized spacial score (nSPS) is 16.2. The van der Waals surface area contributed by atoms with E-state index in [4.69, 9.17) is 11.3 Å². The predicted molar refractivity (Wildman–Crippen MR) is 129 cm³/mol. The zero-order chi connectivity index (χ0) is 21.4. The zero-order valence-electron chi connectivity index (χ0n) is 19.3. The maximum Gasteiger partial charge on any atom is 1.00 e. The molecule has 1 atom stereocenters. The molecule has 3 aromatic carbocycles. The monoisotopic (exact) mass is 416 g/mol. The van der Waals surface area contributed by atoms with E-state index in [2.05, 4.69) is 91.0 Å². The standard InChI is InChI=1S/C30H33O.Li/c1-2-29(25-17-9-4-3-5-10-18-25)31-30(26-19-11-6-12-20-26,27-21-13-7-14-22-27)28-23-15-8-16-24-28;/h1-2,6-8,11-16,19-25,29H,3-5,9-10,17-18H2;/q-1;+1. The molecule has 0 radical (unpaired) electrons. The third-order valence-corrected chi connectivity index (χ3v) is 6.66. The predicted octanol–water partition coefficient (Wildman–Crippen LogP) is 4.72. The largest absolute Gasteiger partial charge is 1.00 e. The topological polar surface area (TPSA) is 9.23 Å². The van der Waals surface area contributed by atoms with E-state index < -0.39 is 5.60 Å². The van der Waals surface area contributed by atoms with E-state index in [1.165, 1.54) is 44.9 Å². The van der Waals surface area contributed by atoms with E-state index >= 15 is 0 Å². The Morgan fingerprint density at radius 3 is 1.41 bits per heavy atom. The van der Waals surface area contributed by atoms with Crippen molar-refractivity contribution >= 4 is 0 Å². The number of ether oxygens (including phenoxy) is 1. The number of benzene rings is 3. The molecule has 0 saturated heterocycles. The van der Waals surface area contributed by atoms with Gasteiger partial charge in [-0.3, -0.25) is 0 Å². The fraction of sp³-hybridized carbons (Fsp3) is 0.333. The van der Waals surface area contributed by atoms with Crippen LogP contribution in [0.5, 0.6) is 0 Å². The molecule has 1 fully saturated rings. The molecule has 2 heteroatoms. The summed E-state index contributed by atoms with van der Waals surface area (Å²) in [6, 6.07) is 31.8. The van der Waals surface area contributed by atoms with Crippen LogP contribution in [0.15, 0.2) is 97.1 Å². The Labute approximate surface area is 206 Å². The Balaban J connectivity index is 0.00000289. The van der Waals surface area contributed by atoms with Gasteiger partial charge in [0, 0.05) is 6.10 Å². The minimum atomic E-state index is -0.716. The molecule has 0 amide bonds. The van der Waals surface area contributed by atoms with Gasteiger partial charge in [0.25, 0.3) is 0 Å². The molecular weight excluding hydrogens is 383 g/mol. The molecule has 4 rings (SSSR count). The smallest absolute Gasteiger partial charge is 0.515 e. The average Bonchev–Trinajstić information content (AvgIpc) is 2.82. The van der Waals surface area contributed by atoms with Gasteiger partial charge in [-0.25, -0.2) is 6.08 Å². The maximum absolute atomic E-state index is 7.20. The van der Waals surface area contributed by atoms with Crippen molar-refractivity contribution in [1.29, 1.82) is 0 Å². The molecule has 0 heterocycles. The van der Waals surface area contributed by atoms with Crippen molar-refractivity contribution < 1.29 is 23.6 Å². The van der Waals surface area contributed by atoms with Crippen LogP contribution in [-0.4, -0.2) is 6.10 Å². The second kappa shape index (κ2) is 12.3. The van der Waals surface area contributed by atoms with Crippen LogP contribution in [0, 0.1) is 12.5 Å². The first-order chi connectivity index (χ1) is 15.3. The van der Waals surface area contributed by atoms with Crippen molar-refractivity contribution in [2.24, 2.45) is 5.92 Å². The number of hydrogen-bond acceptors (Lipinski definition) is 1. The van der Waals surface area contributed by atoms with Crippen LogP contribution in [0.1, 0.15) is 61.6 Å². The molecule has 1 aliphatic rings. The second-order valence-corrected chi connectivity index (χ2v) is 8.66. The van der Waals surface area contributed by atoms with Crippen molar-refractivity contribution in [3.63, 3.8) is 0 Å². The Bertz CT molecular complexity index is 818. The van der Waals surface area contributed by atoms with Crippen LogP contribution in [0.2, 0.25) is 0 Å². The minimum absolute atomic E-state index is 0. The van der Waals surface area contributed by atoms with E-state index in [9.17, 15) is 0 Å². The molecule has 3 aromatic rings. The minimum Gasteiger partial charge on any atom is -0.515 e. The van der Waals surface area contributed by atoms with E-state index in [1.54, 1.807) is 6.08 Å². The summed E-state index contributed by atoms with van der Waals surface area (Å²) in [5, 5.41) is 0. The third-order valence-electron chi connectivity index (χ3n) is 6.66. The van der Waals surface area contributed by atoms with Crippen LogP contribution >= 0.6 is 0 Å². The van der Waals surface area contributed by atoms with E-state index in [-0.39, 0.29) is 25.0 Å². The first kappa shape index (κ1) is 24.6. The molecular formula is C30H33LiO. The Hall–Kier alpha value is -2.04. The van der Waals surface area contributed by atoms with Crippen LogP contribution in [0.25, 0.3) is 0 Å². The van der Waals surface area contributed by atoms with Crippen molar-refractivity contribution in [1.82, 2.24) is 0 Å². The number of hydrogen-bond donors (Lipinski definition) is 0. The van der Waals surface area contributed by atoms with Gasteiger partial charge in [-0.05, 0) is 35.4 Å². The molecule has 1 saturated carbocycles. The van der Waals surface area contributed by atoms with Crippen LogP contribution in [-0.2, 0) is 10.3 Å². The molecule has 0 N–H and O–H groups in total. The molecule has 1 nitrogen and oxygen atoms in total. The molecule has 1 unspecified atom stereocenters. The summed E-state index contributed by atoms with van der Waals surface area (Å²) in [5.41, 5.74) is 2.67. The quantitative estimate of drug-likeness (QED) is 0.308. The Morgan fingerprint density at radius 1 is 0.656 bits per heavy atom. The van der Waals surface area contributed by atoms with Gasteiger partial charge < -0.3 is 11.3 Å². The summed E-state index contributed by atoms with van der Waals surface area (Å²) >= 11 is 0. The molecule has 0 bridgehead atoms. The Morgan fingerprint density at radius 2 is 1.03 bits per heavy atom. The first-order valence-corrected chi connectivity index (χ1v) is 11.7.